The summed E-state index contributed by atoms with van der Waals surface area (Å²) in [7, 11) is 0. The molecular weight excluding hydrogens is 316 g/mol. The monoisotopic (exact) mass is 342 g/mol. The summed E-state index contributed by atoms with van der Waals surface area (Å²) in [5, 5.41) is 0. The minimum absolute atomic E-state index is 0.00575. The Hall–Kier alpha value is -2.36. The van der Waals surface area contributed by atoms with Gasteiger partial charge in [0.2, 0.25) is 0 Å². The van der Waals surface area contributed by atoms with E-state index >= 15 is 0 Å². The Morgan fingerprint density at radius 1 is 1.00 bits per heavy atom. The molecular formula is C21H26O4. The van der Waals surface area contributed by atoms with E-state index < -0.39 is 5.97 Å². The predicted octanol–water partition coefficient (Wildman–Crippen LogP) is 4.04. The zero-order chi connectivity index (χ0) is 18.4. The SMILES string of the molecule is CCOC(=O)C1=C[C@H](C(C)C)[C@@H](c2ccccc2)C(C(=O)OCC)=C1. The van der Waals surface area contributed by atoms with Crippen molar-refractivity contribution < 1.29 is 19.1 Å². The van der Waals surface area contributed by atoms with E-state index in [1.807, 2.05) is 36.4 Å². The van der Waals surface area contributed by atoms with E-state index in [2.05, 4.69) is 13.8 Å². The summed E-state index contributed by atoms with van der Waals surface area (Å²) in [5.74, 6) is -0.671. The second kappa shape index (κ2) is 8.65. The molecule has 2 atom stereocenters. The standard InChI is InChI=1S/C21H26O4/c1-5-24-20(22)16-12-17(14(3)4)19(15-10-8-7-9-11-15)18(13-16)21(23)25-6-2/h7-14,17,19H,5-6H2,1-4H3/t17-,19-/m1/s1. The van der Waals surface area contributed by atoms with E-state index in [0.29, 0.717) is 24.4 Å². The maximum absolute atomic E-state index is 12.6. The van der Waals surface area contributed by atoms with E-state index in [1.165, 1.54) is 0 Å². The fourth-order valence-electron chi connectivity index (χ4n) is 3.20. The summed E-state index contributed by atoms with van der Waals surface area (Å²) in [6.07, 6.45) is 3.57. The number of carbonyl (C=O) groups is 2. The highest BCUT2D eigenvalue weighted by molar-refractivity contribution is 5.98. The normalized spacial score (nSPS) is 19.9. The first-order valence-electron chi connectivity index (χ1n) is 8.82. The van der Waals surface area contributed by atoms with Gasteiger partial charge < -0.3 is 9.47 Å². The summed E-state index contributed by atoms with van der Waals surface area (Å²) in [6, 6.07) is 9.89. The van der Waals surface area contributed by atoms with Gasteiger partial charge in [0.25, 0.3) is 0 Å². The first-order valence-corrected chi connectivity index (χ1v) is 8.82. The molecule has 25 heavy (non-hydrogen) atoms. The van der Waals surface area contributed by atoms with Gasteiger partial charge in [-0.15, -0.1) is 0 Å². The van der Waals surface area contributed by atoms with Gasteiger partial charge in [-0.2, -0.15) is 0 Å². The summed E-state index contributed by atoms with van der Waals surface area (Å²) in [4.78, 5) is 24.9. The molecule has 0 heterocycles. The van der Waals surface area contributed by atoms with Gasteiger partial charge in [0.1, 0.15) is 0 Å². The lowest BCUT2D eigenvalue weighted by Gasteiger charge is -2.33. The summed E-state index contributed by atoms with van der Waals surface area (Å²) in [6.45, 7) is 8.32. The molecule has 0 N–H and O–H groups in total. The lowest BCUT2D eigenvalue weighted by atomic mass is 9.71. The van der Waals surface area contributed by atoms with Crippen molar-refractivity contribution >= 4 is 11.9 Å². The Kier molecular flexibility index (Phi) is 6.57. The van der Waals surface area contributed by atoms with Crippen LogP contribution in [0.3, 0.4) is 0 Å². The average molecular weight is 342 g/mol. The molecule has 0 unspecified atom stereocenters. The van der Waals surface area contributed by atoms with Gasteiger partial charge >= 0.3 is 11.9 Å². The van der Waals surface area contributed by atoms with Gasteiger partial charge in [0, 0.05) is 11.5 Å². The van der Waals surface area contributed by atoms with Gasteiger partial charge in [-0.25, -0.2) is 9.59 Å². The van der Waals surface area contributed by atoms with E-state index in [-0.39, 0.29) is 23.7 Å². The van der Waals surface area contributed by atoms with Crippen LogP contribution < -0.4 is 0 Å². The Morgan fingerprint density at radius 3 is 2.16 bits per heavy atom. The summed E-state index contributed by atoms with van der Waals surface area (Å²) >= 11 is 0. The van der Waals surface area contributed by atoms with Crippen molar-refractivity contribution in [2.45, 2.75) is 33.6 Å². The lowest BCUT2D eigenvalue weighted by molar-refractivity contribution is -0.139. The number of ether oxygens (including phenoxy) is 2. The lowest BCUT2D eigenvalue weighted by Crippen LogP contribution is -2.28. The van der Waals surface area contributed by atoms with Crippen LogP contribution in [0.25, 0.3) is 0 Å². The Bertz CT molecular complexity index is 670. The molecule has 0 spiro atoms. The van der Waals surface area contributed by atoms with Crippen LogP contribution in [-0.2, 0) is 19.1 Å². The molecule has 2 rings (SSSR count). The third-order valence-electron chi connectivity index (χ3n) is 4.35. The van der Waals surface area contributed by atoms with Crippen LogP contribution in [0.1, 0.15) is 39.2 Å². The smallest absolute Gasteiger partial charge is 0.337 e. The molecule has 134 valence electrons. The van der Waals surface area contributed by atoms with Crippen LogP contribution in [0, 0.1) is 11.8 Å². The van der Waals surface area contributed by atoms with Gasteiger partial charge in [0.15, 0.2) is 0 Å². The second-order valence-electron chi connectivity index (χ2n) is 6.37. The van der Waals surface area contributed by atoms with Gasteiger partial charge in [0.05, 0.1) is 18.8 Å². The first-order chi connectivity index (χ1) is 12.0. The topological polar surface area (TPSA) is 52.6 Å². The van der Waals surface area contributed by atoms with Crippen molar-refractivity contribution in [3.8, 4) is 0 Å². The molecule has 1 aromatic carbocycles. The number of benzene rings is 1. The van der Waals surface area contributed by atoms with Crippen molar-refractivity contribution in [2.24, 2.45) is 11.8 Å². The molecule has 0 aromatic heterocycles. The van der Waals surface area contributed by atoms with Crippen LogP contribution in [-0.4, -0.2) is 25.2 Å². The van der Waals surface area contributed by atoms with Crippen molar-refractivity contribution in [1.82, 2.24) is 0 Å². The largest absolute Gasteiger partial charge is 0.463 e. The second-order valence-corrected chi connectivity index (χ2v) is 6.37. The minimum atomic E-state index is -0.401. The Labute approximate surface area is 149 Å². The highest BCUT2D eigenvalue weighted by Gasteiger charge is 2.36. The molecule has 0 aliphatic heterocycles. The molecule has 4 heteroatoms. The molecule has 0 radical (unpaired) electrons. The van der Waals surface area contributed by atoms with Crippen LogP contribution >= 0.6 is 0 Å². The molecule has 0 fully saturated rings. The molecule has 1 aromatic rings. The molecule has 0 bridgehead atoms. The third-order valence-corrected chi connectivity index (χ3v) is 4.35. The summed E-state index contributed by atoms with van der Waals surface area (Å²) in [5.41, 5.74) is 1.98. The van der Waals surface area contributed by atoms with Gasteiger partial charge in [-0.05, 0) is 37.3 Å². The van der Waals surface area contributed by atoms with Crippen molar-refractivity contribution in [2.75, 3.05) is 13.2 Å². The van der Waals surface area contributed by atoms with E-state index in [9.17, 15) is 9.59 Å². The average Bonchev–Trinajstić information content (AvgIpc) is 2.61. The number of esters is 2. The fraction of sp³-hybridized carbons (Fsp3) is 0.429. The third kappa shape index (κ3) is 4.38. The zero-order valence-corrected chi connectivity index (χ0v) is 15.3. The molecule has 1 aliphatic carbocycles. The van der Waals surface area contributed by atoms with Crippen LogP contribution in [0.15, 0.2) is 53.6 Å². The molecule has 4 nitrogen and oxygen atoms in total. The number of rotatable bonds is 6. The van der Waals surface area contributed by atoms with Crippen LogP contribution in [0.2, 0.25) is 0 Å². The molecule has 0 saturated heterocycles. The number of allylic oxidation sites excluding steroid dienone is 1. The first kappa shape index (κ1) is 19.0. The fourth-order valence-corrected chi connectivity index (χ4v) is 3.20. The predicted molar refractivity (Wildman–Crippen MR) is 96.9 cm³/mol. The van der Waals surface area contributed by atoms with Crippen LogP contribution in [0.5, 0.6) is 0 Å². The molecule has 0 amide bonds. The Morgan fingerprint density at radius 2 is 1.60 bits per heavy atom. The maximum atomic E-state index is 12.6. The van der Waals surface area contributed by atoms with Crippen molar-refractivity contribution in [3.05, 3.63) is 59.2 Å². The van der Waals surface area contributed by atoms with Gasteiger partial charge in [-0.1, -0.05) is 50.3 Å². The molecule has 0 saturated carbocycles. The highest BCUT2D eigenvalue weighted by Crippen LogP contribution is 2.42. The summed E-state index contributed by atoms with van der Waals surface area (Å²) < 4.78 is 10.4. The number of hydrogen-bond donors (Lipinski definition) is 0. The minimum Gasteiger partial charge on any atom is -0.463 e. The van der Waals surface area contributed by atoms with Gasteiger partial charge in [-0.3, -0.25) is 0 Å². The van der Waals surface area contributed by atoms with Crippen molar-refractivity contribution in [3.63, 3.8) is 0 Å². The maximum Gasteiger partial charge on any atom is 0.337 e. The van der Waals surface area contributed by atoms with E-state index in [1.54, 1.807) is 19.9 Å². The number of hydrogen-bond acceptors (Lipinski definition) is 4. The zero-order valence-electron chi connectivity index (χ0n) is 15.3. The van der Waals surface area contributed by atoms with E-state index in [0.717, 1.165) is 5.56 Å². The molecule has 1 aliphatic rings. The highest BCUT2D eigenvalue weighted by atomic mass is 16.5. The quantitative estimate of drug-likeness (QED) is 0.732. The van der Waals surface area contributed by atoms with Crippen molar-refractivity contribution in [1.29, 1.82) is 0 Å². The van der Waals surface area contributed by atoms with Crippen LogP contribution in [0.4, 0.5) is 0 Å². The van der Waals surface area contributed by atoms with E-state index in [4.69, 9.17) is 9.47 Å². The Balaban J connectivity index is 2.53. The number of carbonyl (C=O) groups excluding carboxylic acids is 2.